The maximum Gasteiger partial charge on any atom is 0.488 e. The monoisotopic (exact) mass is 272 g/mol. The maximum atomic E-state index is 11.4. The Morgan fingerprint density at radius 3 is 2.67 bits per heavy atom. The van der Waals surface area contributed by atoms with Gasteiger partial charge in [-0.05, 0) is 17.1 Å². The van der Waals surface area contributed by atoms with Crippen LogP contribution in [-0.2, 0) is 10.1 Å². The molecule has 0 aromatic heterocycles. The molecule has 0 aliphatic carbocycles. The first-order valence-corrected chi connectivity index (χ1v) is 5.36. The van der Waals surface area contributed by atoms with Gasteiger partial charge in [0.25, 0.3) is 0 Å². The van der Waals surface area contributed by atoms with Gasteiger partial charge in [0.2, 0.25) is 0 Å². The van der Waals surface area contributed by atoms with Crippen LogP contribution in [0.4, 0.5) is 0 Å². The summed E-state index contributed by atoms with van der Waals surface area (Å²) in [5.74, 6) is -0.494. The summed E-state index contributed by atoms with van der Waals surface area (Å²) in [7, 11) is -0.315. The van der Waals surface area contributed by atoms with Crippen molar-refractivity contribution >= 4 is 34.5 Å². The summed E-state index contributed by atoms with van der Waals surface area (Å²) in [6.45, 7) is 0. The van der Waals surface area contributed by atoms with Crippen LogP contribution in [0.25, 0.3) is 0 Å². The lowest BCUT2D eigenvalue weighted by Crippen LogP contribution is -2.34. The molecule has 0 saturated heterocycles. The van der Waals surface area contributed by atoms with Gasteiger partial charge in [0.1, 0.15) is 0 Å². The minimum absolute atomic E-state index is 0.301. The summed E-state index contributed by atoms with van der Waals surface area (Å²) in [5.41, 5.74) is 1.16. The third kappa shape index (κ3) is 2.59. The molecule has 4 nitrogen and oxygen atoms in total. The molecule has 0 aliphatic rings. The van der Waals surface area contributed by atoms with Gasteiger partial charge >= 0.3 is 13.1 Å². The number of benzene rings is 1. The van der Waals surface area contributed by atoms with Crippen molar-refractivity contribution in [2.75, 3.05) is 7.11 Å². The quantitative estimate of drug-likeness (QED) is 0.464. The van der Waals surface area contributed by atoms with Crippen molar-refractivity contribution in [3.8, 4) is 0 Å². The number of hydrogen-bond donors (Lipinski definition) is 2. The average molecular weight is 273 g/mol. The fourth-order valence-electron chi connectivity index (χ4n) is 1.30. The van der Waals surface area contributed by atoms with Crippen molar-refractivity contribution in [1.82, 2.24) is 0 Å². The van der Waals surface area contributed by atoms with Crippen molar-refractivity contribution in [1.29, 1.82) is 0 Å². The van der Waals surface area contributed by atoms with Crippen molar-refractivity contribution in [2.24, 2.45) is 0 Å². The first-order chi connectivity index (χ1) is 7.11. The van der Waals surface area contributed by atoms with Gasteiger partial charge in [-0.25, -0.2) is 4.79 Å². The molecule has 0 radical (unpaired) electrons. The number of hydrogen-bond acceptors (Lipinski definition) is 4. The number of methoxy groups -OCH3 is 1. The van der Waals surface area contributed by atoms with E-state index in [1.165, 1.54) is 7.11 Å². The van der Waals surface area contributed by atoms with E-state index in [2.05, 4.69) is 20.7 Å². The smallest absolute Gasteiger partial charge is 0.465 e. The lowest BCUT2D eigenvalue weighted by atomic mass is 9.76. The summed E-state index contributed by atoms with van der Waals surface area (Å²) in [5, 5.41) is 18.5. The van der Waals surface area contributed by atoms with Crippen molar-refractivity contribution in [2.45, 2.75) is 5.33 Å². The molecule has 6 heteroatoms. The summed E-state index contributed by atoms with van der Waals surface area (Å²) < 4.78 is 4.59. The molecule has 0 saturated carbocycles. The summed E-state index contributed by atoms with van der Waals surface area (Å²) in [6.07, 6.45) is 0. The highest BCUT2D eigenvalue weighted by Crippen LogP contribution is 2.12. The highest BCUT2D eigenvalue weighted by molar-refractivity contribution is 9.08. The largest absolute Gasteiger partial charge is 0.488 e. The highest BCUT2D eigenvalue weighted by atomic mass is 79.9. The second-order valence-electron chi connectivity index (χ2n) is 2.87. The number of carbonyl (C=O) groups excluding carboxylic acids is 1. The van der Waals surface area contributed by atoms with E-state index in [0.29, 0.717) is 21.9 Å². The van der Waals surface area contributed by atoms with E-state index >= 15 is 0 Å². The van der Waals surface area contributed by atoms with Crippen LogP contribution < -0.4 is 5.46 Å². The van der Waals surface area contributed by atoms with Crippen LogP contribution in [0.5, 0.6) is 0 Å². The van der Waals surface area contributed by atoms with Gasteiger partial charge in [-0.2, -0.15) is 0 Å². The van der Waals surface area contributed by atoms with Gasteiger partial charge in [0.15, 0.2) is 0 Å². The molecule has 1 rings (SSSR count). The zero-order valence-corrected chi connectivity index (χ0v) is 9.69. The Balaban J connectivity index is 3.28. The molecule has 0 bridgehead atoms. The number of halogens is 1. The molecule has 0 atom stereocenters. The first kappa shape index (κ1) is 12.2. The number of carbonyl (C=O) groups is 1. The van der Waals surface area contributed by atoms with E-state index in [-0.39, 0.29) is 0 Å². The topological polar surface area (TPSA) is 66.8 Å². The Morgan fingerprint density at radius 1 is 1.53 bits per heavy atom. The predicted octanol–water partition coefficient (Wildman–Crippen LogP) is 0.0479. The summed E-state index contributed by atoms with van der Waals surface area (Å²) in [6, 6.07) is 4.70. The predicted molar refractivity (Wildman–Crippen MR) is 60.2 cm³/mol. The van der Waals surface area contributed by atoms with E-state index in [4.69, 9.17) is 10.0 Å². The zero-order valence-electron chi connectivity index (χ0n) is 8.11. The van der Waals surface area contributed by atoms with Gasteiger partial charge in [-0.15, -0.1) is 0 Å². The van der Waals surface area contributed by atoms with Crippen LogP contribution in [0.1, 0.15) is 15.9 Å². The molecular weight excluding hydrogens is 263 g/mol. The normalized spacial score (nSPS) is 9.87. The average Bonchev–Trinajstić information content (AvgIpc) is 2.26. The van der Waals surface area contributed by atoms with Crippen LogP contribution in [-0.4, -0.2) is 30.2 Å². The molecule has 1 aromatic carbocycles. The number of alkyl halides is 1. The second kappa shape index (κ2) is 5.30. The maximum absolute atomic E-state index is 11.4. The molecule has 2 N–H and O–H groups in total. The zero-order chi connectivity index (χ0) is 11.4. The molecule has 0 unspecified atom stereocenters. The standard InChI is InChI=1S/C9H10BBrO4/c1-15-9(12)6-3-2-4-8(10(13)14)7(6)5-11/h2-4,13-14H,5H2,1H3. The molecule has 0 spiro atoms. The fraction of sp³-hybridized carbons (Fsp3) is 0.222. The third-order valence-electron chi connectivity index (χ3n) is 2.03. The van der Waals surface area contributed by atoms with Crippen LogP contribution in [0.15, 0.2) is 18.2 Å². The lowest BCUT2D eigenvalue weighted by Gasteiger charge is -2.10. The number of ether oxygens (including phenoxy) is 1. The van der Waals surface area contributed by atoms with Crippen molar-refractivity contribution in [3.05, 3.63) is 29.3 Å². The molecular formula is C9H10BBrO4. The Labute approximate surface area is 96.1 Å². The molecule has 0 fully saturated rings. The van der Waals surface area contributed by atoms with Crippen LogP contribution >= 0.6 is 15.9 Å². The minimum atomic E-state index is -1.60. The minimum Gasteiger partial charge on any atom is -0.465 e. The van der Waals surface area contributed by atoms with Crippen molar-refractivity contribution < 1.29 is 19.6 Å². The van der Waals surface area contributed by atoms with Gasteiger partial charge in [0, 0.05) is 5.33 Å². The van der Waals surface area contributed by atoms with Gasteiger partial charge in [-0.1, -0.05) is 28.1 Å². The second-order valence-corrected chi connectivity index (χ2v) is 3.43. The first-order valence-electron chi connectivity index (χ1n) is 4.24. The third-order valence-corrected chi connectivity index (χ3v) is 2.59. The Bertz CT molecular complexity index is 367. The van der Waals surface area contributed by atoms with E-state index < -0.39 is 13.1 Å². The Morgan fingerprint density at radius 2 is 2.20 bits per heavy atom. The van der Waals surface area contributed by atoms with Gasteiger partial charge in [-0.3, -0.25) is 0 Å². The summed E-state index contributed by atoms with van der Waals surface area (Å²) in [4.78, 5) is 11.4. The molecule has 0 amide bonds. The van der Waals surface area contributed by atoms with E-state index in [0.717, 1.165) is 0 Å². The van der Waals surface area contributed by atoms with E-state index in [9.17, 15) is 4.79 Å². The van der Waals surface area contributed by atoms with E-state index in [1.54, 1.807) is 18.2 Å². The summed E-state index contributed by atoms with van der Waals surface area (Å²) >= 11 is 3.19. The van der Waals surface area contributed by atoms with Gasteiger partial charge < -0.3 is 14.8 Å². The van der Waals surface area contributed by atoms with Crippen LogP contribution in [0.3, 0.4) is 0 Å². The number of rotatable bonds is 3. The molecule has 15 heavy (non-hydrogen) atoms. The highest BCUT2D eigenvalue weighted by Gasteiger charge is 2.20. The van der Waals surface area contributed by atoms with Crippen LogP contribution in [0, 0.1) is 0 Å². The molecule has 0 heterocycles. The Kier molecular flexibility index (Phi) is 4.32. The lowest BCUT2D eigenvalue weighted by molar-refractivity contribution is 0.0600. The molecule has 80 valence electrons. The SMILES string of the molecule is COC(=O)c1cccc(B(O)O)c1CBr. The number of esters is 1. The van der Waals surface area contributed by atoms with Crippen molar-refractivity contribution in [3.63, 3.8) is 0 Å². The molecule has 1 aromatic rings. The fourth-order valence-corrected chi connectivity index (χ4v) is 1.92. The van der Waals surface area contributed by atoms with Crippen LogP contribution in [0.2, 0.25) is 0 Å². The van der Waals surface area contributed by atoms with E-state index in [1.807, 2.05) is 0 Å². The molecule has 0 aliphatic heterocycles. The van der Waals surface area contributed by atoms with Gasteiger partial charge in [0.05, 0.1) is 12.7 Å². The Hall–Kier alpha value is -0.845.